The average molecular weight is 332 g/mol. The number of ether oxygens (including phenoxy) is 1. The Bertz CT molecular complexity index is 665. The number of hydrogen-bond acceptors (Lipinski definition) is 4. The van der Waals surface area contributed by atoms with Gasteiger partial charge in [0.25, 0.3) is 5.91 Å². The molecule has 1 aromatic carbocycles. The Morgan fingerprint density at radius 1 is 1.26 bits per heavy atom. The highest BCUT2D eigenvalue weighted by Crippen LogP contribution is 2.22. The van der Waals surface area contributed by atoms with E-state index < -0.39 is 0 Å². The van der Waals surface area contributed by atoms with Gasteiger partial charge >= 0.3 is 0 Å². The van der Waals surface area contributed by atoms with Crippen molar-refractivity contribution in [3.8, 4) is 5.75 Å². The molecule has 2 aromatic rings. The minimum Gasteiger partial charge on any atom is -0.489 e. The number of carbonyl (C=O) groups is 1. The van der Waals surface area contributed by atoms with Crippen molar-refractivity contribution in [3.63, 3.8) is 0 Å². The first-order valence-electron chi connectivity index (χ1n) is 7.66. The number of nitrogens with one attached hydrogen (secondary N) is 1. The van der Waals surface area contributed by atoms with Crippen molar-refractivity contribution in [2.45, 2.75) is 20.5 Å². The molecule has 124 valence electrons. The Morgan fingerprint density at radius 3 is 2.78 bits per heavy atom. The predicted octanol–water partition coefficient (Wildman–Crippen LogP) is 3.24. The van der Waals surface area contributed by atoms with Gasteiger partial charge in [0, 0.05) is 18.7 Å². The molecule has 0 saturated carbocycles. The highest BCUT2D eigenvalue weighted by atomic mass is 32.1. The van der Waals surface area contributed by atoms with Crippen molar-refractivity contribution >= 4 is 17.2 Å². The summed E-state index contributed by atoms with van der Waals surface area (Å²) in [5.74, 6) is 0.878. The van der Waals surface area contributed by atoms with Crippen molar-refractivity contribution in [1.29, 1.82) is 0 Å². The van der Waals surface area contributed by atoms with Crippen molar-refractivity contribution in [2.24, 2.45) is 0 Å². The fourth-order valence-corrected chi connectivity index (χ4v) is 2.89. The first-order chi connectivity index (χ1) is 11.0. The molecule has 23 heavy (non-hydrogen) atoms. The van der Waals surface area contributed by atoms with E-state index in [1.54, 1.807) is 0 Å². The Balaban J connectivity index is 1.89. The Hall–Kier alpha value is -1.85. The third-order valence-corrected chi connectivity index (χ3v) is 4.44. The van der Waals surface area contributed by atoms with Crippen LogP contribution < -0.4 is 10.1 Å². The van der Waals surface area contributed by atoms with E-state index in [2.05, 4.69) is 17.4 Å². The molecule has 0 aliphatic heterocycles. The van der Waals surface area contributed by atoms with E-state index in [-0.39, 0.29) is 5.91 Å². The maximum Gasteiger partial charge on any atom is 0.261 e. The van der Waals surface area contributed by atoms with Crippen molar-refractivity contribution in [3.05, 3.63) is 51.2 Å². The lowest BCUT2D eigenvalue weighted by atomic mass is 10.1. The molecule has 0 aliphatic carbocycles. The molecule has 1 N–H and O–H groups in total. The van der Waals surface area contributed by atoms with E-state index in [1.807, 2.05) is 50.4 Å². The summed E-state index contributed by atoms with van der Waals surface area (Å²) in [5, 5.41) is 4.90. The Labute approximate surface area is 142 Å². The second kappa shape index (κ2) is 8.13. The van der Waals surface area contributed by atoms with Crippen LogP contribution in [-0.2, 0) is 6.61 Å². The summed E-state index contributed by atoms with van der Waals surface area (Å²) < 4.78 is 5.88. The lowest BCUT2D eigenvalue weighted by Gasteiger charge is -2.09. The summed E-state index contributed by atoms with van der Waals surface area (Å²) in [7, 11) is 3.97. The van der Waals surface area contributed by atoms with Crippen LogP contribution in [-0.4, -0.2) is 38.0 Å². The number of hydrogen-bond donors (Lipinski definition) is 1. The standard InChI is InChI=1S/C18H24N2O2S/c1-13-5-6-14(2)16(9-13)22-11-15-10-17(23-12-15)18(21)19-7-8-20(3)4/h5-6,9-10,12H,7-8,11H2,1-4H3,(H,19,21). The zero-order chi connectivity index (χ0) is 16.8. The molecule has 0 bridgehead atoms. The molecule has 5 heteroatoms. The number of benzene rings is 1. The number of thiophene rings is 1. The van der Waals surface area contributed by atoms with E-state index in [4.69, 9.17) is 4.74 Å². The lowest BCUT2D eigenvalue weighted by Crippen LogP contribution is -2.30. The molecule has 2 rings (SSSR count). The van der Waals surface area contributed by atoms with Gasteiger partial charge in [-0.1, -0.05) is 12.1 Å². The van der Waals surface area contributed by atoms with E-state index in [0.717, 1.165) is 28.3 Å². The van der Waals surface area contributed by atoms with Crippen LogP contribution in [0, 0.1) is 13.8 Å². The van der Waals surface area contributed by atoms with Gasteiger partial charge in [-0.2, -0.15) is 0 Å². The first-order valence-corrected chi connectivity index (χ1v) is 8.54. The van der Waals surface area contributed by atoms with Gasteiger partial charge in [0.1, 0.15) is 12.4 Å². The van der Waals surface area contributed by atoms with Crippen molar-refractivity contribution in [2.75, 3.05) is 27.2 Å². The zero-order valence-electron chi connectivity index (χ0n) is 14.2. The molecular formula is C18H24N2O2S. The quantitative estimate of drug-likeness (QED) is 0.846. The molecule has 1 amide bonds. The fraction of sp³-hybridized carbons (Fsp3) is 0.389. The summed E-state index contributed by atoms with van der Waals surface area (Å²) >= 11 is 1.45. The van der Waals surface area contributed by atoms with Gasteiger partial charge in [-0.3, -0.25) is 4.79 Å². The summed E-state index contributed by atoms with van der Waals surface area (Å²) in [5.41, 5.74) is 3.32. The SMILES string of the molecule is Cc1ccc(C)c(OCc2csc(C(=O)NCCN(C)C)c2)c1. The molecule has 1 heterocycles. The molecule has 0 unspecified atom stereocenters. The lowest BCUT2D eigenvalue weighted by molar-refractivity contribution is 0.0955. The number of rotatable bonds is 7. The molecule has 4 nitrogen and oxygen atoms in total. The van der Waals surface area contributed by atoms with Crippen LogP contribution in [0.1, 0.15) is 26.4 Å². The number of carbonyl (C=O) groups excluding carboxylic acids is 1. The van der Waals surface area contributed by atoms with Crippen LogP contribution in [0.15, 0.2) is 29.6 Å². The molecule has 0 fully saturated rings. The summed E-state index contributed by atoms with van der Waals surface area (Å²) in [6.07, 6.45) is 0. The number of aryl methyl sites for hydroxylation is 2. The normalized spacial score (nSPS) is 10.8. The Kier molecular flexibility index (Phi) is 6.19. The zero-order valence-corrected chi connectivity index (χ0v) is 15.0. The molecule has 1 aromatic heterocycles. The minimum absolute atomic E-state index is 0.0187. The van der Waals surface area contributed by atoms with Gasteiger partial charge in [0.2, 0.25) is 0 Å². The molecule has 0 atom stereocenters. The first kappa shape index (κ1) is 17.5. The predicted molar refractivity (Wildman–Crippen MR) is 95.5 cm³/mol. The topological polar surface area (TPSA) is 41.6 Å². The fourth-order valence-electron chi connectivity index (χ4n) is 2.07. The van der Waals surface area contributed by atoms with Crippen LogP contribution in [0.4, 0.5) is 0 Å². The van der Waals surface area contributed by atoms with Gasteiger partial charge in [-0.05, 0) is 56.6 Å². The smallest absolute Gasteiger partial charge is 0.261 e. The highest BCUT2D eigenvalue weighted by molar-refractivity contribution is 7.12. The Morgan fingerprint density at radius 2 is 2.04 bits per heavy atom. The van der Waals surface area contributed by atoms with Gasteiger partial charge in [0.05, 0.1) is 4.88 Å². The second-order valence-corrected chi connectivity index (χ2v) is 6.85. The third kappa shape index (κ3) is 5.37. The van der Waals surface area contributed by atoms with Crippen LogP contribution in [0.3, 0.4) is 0 Å². The largest absolute Gasteiger partial charge is 0.489 e. The van der Waals surface area contributed by atoms with Gasteiger partial charge < -0.3 is 15.0 Å². The highest BCUT2D eigenvalue weighted by Gasteiger charge is 2.09. The maximum absolute atomic E-state index is 12.1. The number of likely N-dealkylation sites (N-methyl/N-ethyl adjacent to an activating group) is 1. The average Bonchev–Trinajstić information content (AvgIpc) is 2.97. The maximum atomic E-state index is 12.1. The van der Waals surface area contributed by atoms with E-state index >= 15 is 0 Å². The van der Waals surface area contributed by atoms with E-state index in [0.29, 0.717) is 13.2 Å². The summed E-state index contributed by atoms with van der Waals surface area (Å²) in [6.45, 7) is 6.04. The van der Waals surface area contributed by atoms with Crippen LogP contribution in [0.2, 0.25) is 0 Å². The van der Waals surface area contributed by atoms with E-state index in [1.165, 1.54) is 16.9 Å². The van der Waals surface area contributed by atoms with Gasteiger partial charge in [0.15, 0.2) is 0 Å². The summed E-state index contributed by atoms with van der Waals surface area (Å²) in [4.78, 5) is 14.8. The molecular weight excluding hydrogens is 308 g/mol. The summed E-state index contributed by atoms with van der Waals surface area (Å²) in [6, 6.07) is 8.07. The number of amides is 1. The van der Waals surface area contributed by atoms with Crippen LogP contribution in [0.5, 0.6) is 5.75 Å². The monoisotopic (exact) mass is 332 g/mol. The van der Waals surface area contributed by atoms with Gasteiger partial charge in [-0.25, -0.2) is 0 Å². The van der Waals surface area contributed by atoms with Crippen LogP contribution >= 0.6 is 11.3 Å². The second-order valence-electron chi connectivity index (χ2n) is 5.94. The number of nitrogens with zero attached hydrogens (tertiary/aromatic N) is 1. The van der Waals surface area contributed by atoms with Crippen molar-refractivity contribution in [1.82, 2.24) is 10.2 Å². The molecule has 0 saturated heterocycles. The molecule has 0 radical (unpaired) electrons. The molecule has 0 aliphatic rings. The third-order valence-electron chi connectivity index (χ3n) is 3.46. The van der Waals surface area contributed by atoms with E-state index in [9.17, 15) is 4.79 Å². The van der Waals surface area contributed by atoms with Crippen LogP contribution in [0.25, 0.3) is 0 Å². The van der Waals surface area contributed by atoms with Gasteiger partial charge in [-0.15, -0.1) is 11.3 Å². The minimum atomic E-state index is -0.0187. The van der Waals surface area contributed by atoms with Crippen molar-refractivity contribution < 1.29 is 9.53 Å². The molecule has 0 spiro atoms.